The number of anilines is 1. The van der Waals surface area contributed by atoms with E-state index in [9.17, 15) is 14.4 Å². The van der Waals surface area contributed by atoms with Crippen LogP contribution in [0.5, 0.6) is 0 Å². The molecule has 2 fully saturated rings. The lowest BCUT2D eigenvalue weighted by molar-refractivity contribution is -0.136. The van der Waals surface area contributed by atoms with Gasteiger partial charge in [-0.2, -0.15) is 0 Å². The molecule has 1 aromatic rings. The molecule has 2 N–H and O–H groups in total. The Labute approximate surface area is 169 Å². The van der Waals surface area contributed by atoms with E-state index in [0.29, 0.717) is 12.1 Å². The van der Waals surface area contributed by atoms with Crippen LogP contribution in [0.1, 0.15) is 38.2 Å². The van der Waals surface area contributed by atoms with Gasteiger partial charge in [0.15, 0.2) is 0 Å². The Morgan fingerprint density at radius 1 is 1.31 bits per heavy atom. The molecule has 1 aromatic carbocycles. The van der Waals surface area contributed by atoms with Gasteiger partial charge in [-0.25, -0.2) is 4.79 Å². The van der Waals surface area contributed by atoms with Crippen LogP contribution in [0.2, 0.25) is 0 Å². The molecule has 4 amide bonds. The zero-order valence-corrected chi connectivity index (χ0v) is 17.9. The summed E-state index contributed by atoms with van der Waals surface area (Å²) in [4.78, 5) is 38.8. The molecule has 1 aliphatic carbocycles. The van der Waals surface area contributed by atoms with Gasteiger partial charge in [0.1, 0.15) is 12.1 Å². The summed E-state index contributed by atoms with van der Waals surface area (Å²) in [5, 5.41) is 5.63. The van der Waals surface area contributed by atoms with Crippen molar-refractivity contribution in [2.45, 2.75) is 45.1 Å². The number of urea groups is 1. The van der Waals surface area contributed by atoms with Gasteiger partial charge in [-0.3, -0.25) is 14.5 Å². The van der Waals surface area contributed by atoms with E-state index in [1.165, 1.54) is 0 Å². The first kappa shape index (κ1) is 19.4. The van der Waals surface area contributed by atoms with Crippen LogP contribution in [0.4, 0.5) is 10.5 Å². The highest BCUT2D eigenvalue weighted by atomic mass is 79.9. The van der Waals surface area contributed by atoms with Crippen molar-refractivity contribution in [3.8, 4) is 0 Å². The van der Waals surface area contributed by atoms with Gasteiger partial charge in [-0.1, -0.05) is 19.8 Å². The van der Waals surface area contributed by atoms with E-state index in [2.05, 4.69) is 42.5 Å². The Kier molecular flexibility index (Phi) is 5.44. The first-order valence-corrected chi connectivity index (χ1v) is 10.2. The second-order valence-electron chi connectivity index (χ2n) is 7.09. The van der Waals surface area contributed by atoms with E-state index in [4.69, 9.17) is 0 Å². The monoisotopic (exact) mass is 485 g/mol. The molecule has 1 spiro atoms. The van der Waals surface area contributed by atoms with Crippen LogP contribution in [0.3, 0.4) is 0 Å². The Morgan fingerprint density at radius 3 is 2.58 bits per heavy atom. The quantitative estimate of drug-likeness (QED) is 0.634. The van der Waals surface area contributed by atoms with E-state index in [1.807, 2.05) is 26.0 Å². The van der Waals surface area contributed by atoms with Crippen molar-refractivity contribution >= 4 is 55.4 Å². The predicted molar refractivity (Wildman–Crippen MR) is 106 cm³/mol. The number of aryl methyl sites for hydroxylation is 1. The summed E-state index contributed by atoms with van der Waals surface area (Å²) in [6.07, 6.45) is 3.49. The number of amides is 4. The maximum absolute atomic E-state index is 12.9. The highest BCUT2D eigenvalue weighted by Gasteiger charge is 2.55. The van der Waals surface area contributed by atoms with Gasteiger partial charge in [0.25, 0.3) is 5.91 Å². The van der Waals surface area contributed by atoms with Crippen LogP contribution in [0.25, 0.3) is 0 Å². The molecular weight excluding hydrogens is 466 g/mol. The Balaban J connectivity index is 1.74. The topological polar surface area (TPSA) is 78.5 Å². The van der Waals surface area contributed by atoms with Gasteiger partial charge in [0, 0.05) is 8.95 Å². The summed E-state index contributed by atoms with van der Waals surface area (Å²) in [5.41, 5.74) is 0.762. The summed E-state index contributed by atoms with van der Waals surface area (Å²) < 4.78 is 1.46. The fraction of sp³-hybridized carbons (Fsp3) is 0.500. The lowest BCUT2D eigenvalue weighted by Crippen LogP contribution is -2.54. The van der Waals surface area contributed by atoms with Crippen LogP contribution < -0.4 is 10.6 Å². The second-order valence-corrected chi connectivity index (χ2v) is 8.80. The summed E-state index contributed by atoms with van der Waals surface area (Å²) in [7, 11) is 0. The third-order valence-electron chi connectivity index (χ3n) is 5.25. The molecule has 1 saturated carbocycles. The first-order valence-electron chi connectivity index (χ1n) is 8.64. The molecular formula is C18H21Br2N3O3. The van der Waals surface area contributed by atoms with E-state index in [0.717, 1.165) is 38.7 Å². The molecule has 1 aliphatic heterocycles. The van der Waals surface area contributed by atoms with Crippen molar-refractivity contribution in [3.05, 3.63) is 26.6 Å². The fourth-order valence-corrected chi connectivity index (χ4v) is 5.39. The molecule has 8 heteroatoms. The zero-order chi connectivity index (χ0) is 19.1. The fourth-order valence-electron chi connectivity index (χ4n) is 3.78. The molecule has 0 aromatic heterocycles. The van der Waals surface area contributed by atoms with Gasteiger partial charge >= 0.3 is 6.03 Å². The zero-order valence-electron chi connectivity index (χ0n) is 14.7. The molecule has 0 bridgehead atoms. The predicted octanol–water partition coefficient (Wildman–Crippen LogP) is 3.96. The van der Waals surface area contributed by atoms with Gasteiger partial charge in [-0.15, -0.1) is 0 Å². The minimum Gasteiger partial charge on any atom is -0.323 e. The number of nitrogens with zero attached hydrogens (tertiary/aromatic N) is 1. The van der Waals surface area contributed by atoms with Crippen molar-refractivity contribution in [1.82, 2.24) is 10.2 Å². The summed E-state index contributed by atoms with van der Waals surface area (Å²) >= 11 is 6.85. The largest absolute Gasteiger partial charge is 0.325 e. The maximum Gasteiger partial charge on any atom is 0.325 e. The first-order chi connectivity index (χ1) is 12.2. The lowest BCUT2D eigenvalue weighted by Gasteiger charge is -2.36. The van der Waals surface area contributed by atoms with Gasteiger partial charge in [0.2, 0.25) is 5.91 Å². The molecule has 2 atom stereocenters. The van der Waals surface area contributed by atoms with E-state index < -0.39 is 17.5 Å². The van der Waals surface area contributed by atoms with Gasteiger partial charge in [-0.05, 0) is 75.2 Å². The number of nitrogens with one attached hydrogen (secondary N) is 2. The summed E-state index contributed by atoms with van der Waals surface area (Å²) in [6.45, 7) is 3.63. The molecule has 2 unspecified atom stereocenters. The molecule has 0 radical (unpaired) electrons. The van der Waals surface area contributed by atoms with Crippen molar-refractivity contribution in [3.63, 3.8) is 0 Å². The molecule has 140 valence electrons. The van der Waals surface area contributed by atoms with Crippen molar-refractivity contribution in [1.29, 1.82) is 0 Å². The minimum absolute atomic E-state index is 0.0705. The number of hydrogen-bond donors (Lipinski definition) is 2. The third-order valence-corrected chi connectivity index (χ3v) is 6.50. The van der Waals surface area contributed by atoms with Crippen LogP contribution in [-0.2, 0) is 9.59 Å². The van der Waals surface area contributed by atoms with Gasteiger partial charge < -0.3 is 10.6 Å². The second kappa shape index (κ2) is 7.31. The maximum atomic E-state index is 12.9. The van der Waals surface area contributed by atoms with E-state index >= 15 is 0 Å². The number of carbonyl (C=O) groups excluding carboxylic acids is 3. The van der Waals surface area contributed by atoms with E-state index in [1.54, 1.807) is 0 Å². The molecule has 6 nitrogen and oxygen atoms in total. The minimum atomic E-state index is -0.847. The molecule has 3 rings (SSSR count). The van der Waals surface area contributed by atoms with Crippen LogP contribution in [0.15, 0.2) is 21.1 Å². The normalized spacial score (nSPS) is 25.5. The van der Waals surface area contributed by atoms with Crippen LogP contribution >= 0.6 is 31.9 Å². The lowest BCUT2D eigenvalue weighted by atomic mass is 9.73. The third kappa shape index (κ3) is 3.41. The smallest absolute Gasteiger partial charge is 0.323 e. The van der Waals surface area contributed by atoms with E-state index in [-0.39, 0.29) is 18.4 Å². The average Bonchev–Trinajstić information content (AvgIpc) is 2.79. The Morgan fingerprint density at radius 2 is 1.96 bits per heavy atom. The van der Waals surface area contributed by atoms with Crippen LogP contribution in [0, 0.1) is 12.8 Å². The Hall–Kier alpha value is -1.41. The average molecular weight is 487 g/mol. The molecule has 1 heterocycles. The molecule has 2 aliphatic rings. The van der Waals surface area contributed by atoms with Crippen molar-refractivity contribution < 1.29 is 14.4 Å². The Bertz CT molecular complexity index is 760. The highest BCUT2D eigenvalue weighted by molar-refractivity contribution is 9.11. The molecule has 26 heavy (non-hydrogen) atoms. The number of imide groups is 1. The van der Waals surface area contributed by atoms with Crippen molar-refractivity contribution in [2.75, 3.05) is 11.9 Å². The SMILES string of the molecule is Cc1cc(Br)c(NC(=O)CN2C(=O)NC3(CCCCC3C)C2=O)c(Br)c1. The number of halogens is 2. The highest BCUT2D eigenvalue weighted by Crippen LogP contribution is 2.38. The van der Waals surface area contributed by atoms with Crippen molar-refractivity contribution in [2.24, 2.45) is 5.92 Å². The standard InChI is InChI=1S/C18H21Br2N3O3/c1-10-7-12(19)15(13(20)8-10)21-14(24)9-23-16(25)18(22-17(23)26)6-4-3-5-11(18)2/h7-8,11H,3-6,9H2,1-2H3,(H,21,24)(H,22,26). The summed E-state index contributed by atoms with van der Waals surface area (Å²) in [6, 6.07) is 3.28. The number of benzene rings is 1. The molecule has 1 saturated heterocycles. The number of rotatable bonds is 3. The van der Waals surface area contributed by atoms with Gasteiger partial charge in [0.05, 0.1) is 5.69 Å². The van der Waals surface area contributed by atoms with Crippen LogP contribution in [-0.4, -0.2) is 34.8 Å². The number of hydrogen-bond acceptors (Lipinski definition) is 3. The summed E-state index contributed by atoms with van der Waals surface area (Å²) in [5.74, 6) is -0.632. The number of carbonyl (C=O) groups is 3.